The first-order valence-electron chi connectivity index (χ1n) is 8.60. The number of aryl methyl sites for hydroxylation is 1. The Balaban J connectivity index is 2.25. The van der Waals surface area contributed by atoms with Crippen LogP contribution >= 0.6 is 0 Å². The summed E-state index contributed by atoms with van der Waals surface area (Å²) in [6, 6.07) is 7.88. The molecule has 1 aromatic carbocycles. The number of carbonyl (C=O) groups excluding carboxylic acids is 1. The lowest BCUT2D eigenvalue weighted by molar-refractivity contribution is -0.115. The Morgan fingerprint density at radius 3 is 2.75 bits per heavy atom. The third-order valence-electron chi connectivity index (χ3n) is 3.47. The quantitative estimate of drug-likeness (QED) is 0.348. The van der Waals surface area contributed by atoms with Gasteiger partial charge in [0, 0.05) is 32.5 Å². The number of unbranched alkanes of at least 4 members (excludes halogenated alkanes) is 1. The number of benzene rings is 1. The molecule has 0 fully saturated rings. The van der Waals surface area contributed by atoms with Gasteiger partial charge in [0.1, 0.15) is 0 Å². The molecule has 24 heavy (non-hydrogen) atoms. The van der Waals surface area contributed by atoms with Crippen LogP contribution in [0.5, 0.6) is 0 Å². The molecule has 6 nitrogen and oxygen atoms in total. The SMILES string of the molecule is CCOCCCCNC(=NC)NCC(=O)Nc1cccc(CC)c1. The van der Waals surface area contributed by atoms with E-state index in [1.807, 2.05) is 31.2 Å². The van der Waals surface area contributed by atoms with Gasteiger partial charge in [-0.3, -0.25) is 9.79 Å². The minimum absolute atomic E-state index is 0.0949. The molecular formula is C18H30N4O2. The van der Waals surface area contributed by atoms with E-state index in [1.54, 1.807) is 7.05 Å². The maximum Gasteiger partial charge on any atom is 0.243 e. The Hall–Kier alpha value is -2.08. The molecule has 0 saturated carbocycles. The van der Waals surface area contributed by atoms with Crippen molar-refractivity contribution in [3.63, 3.8) is 0 Å². The van der Waals surface area contributed by atoms with E-state index in [1.165, 1.54) is 5.56 Å². The molecule has 1 amide bonds. The van der Waals surface area contributed by atoms with Crippen LogP contribution in [0.2, 0.25) is 0 Å². The molecule has 0 unspecified atom stereocenters. The van der Waals surface area contributed by atoms with Crippen LogP contribution in [0.25, 0.3) is 0 Å². The van der Waals surface area contributed by atoms with Crippen LogP contribution in [0.1, 0.15) is 32.3 Å². The second-order valence-electron chi connectivity index (χ2n) is 5.36. The summed E-state index contributed by atoms with van der Waals surface area (Å²) in [5.41, 5.74) is 2.02. The summed E-state index contributed by atoms with van der Waals surface area (Å²) in [7, 11) is 1.69. The number of nitrogens with one attached hydrogen (secondary N) is 3. The van der Waals surface area contributed by atoms with Gasteiger partial charge < -0.3 is 20.7 Å². The number of hydrogen-bond acceptors (Lipinski definition) is 3. The first-order valence-corrected chi connectivity index (χ1v) is 8.60. The lowest BCUT2D eigenvalue weighted by Crippen LogP contribution is -2.41. The summed E-state index contributed by atoms with van der Waals surface area (Å²) in [5.74, 6) is 0.534. The molecule has 0 aromatic heterocycles. The number of anilines is 1. The van der Waals surface area contributed by atoms with Crippen molar-refractivity contribution in [3.8, 4) is 0 Å². The second kappa shape index (κ2) is 12.4. The molecule has 0 bridgehead atoms. The Bertz CT molecular complexity index is 517. The predicted octanol–water partition coefficient (Wildman–Crippen LogP) is 2.17. The Labute approximate surface area is 145 Å². The average molecular weight is 334 g/mol. The van der Waals surface area contributed by atoms with Crippen molar-refractivity contribution in [2.75, 3.05) is 38.7 Å². The van der Waals surface area contributed by atoms with Crippen molar-refractivity contribution in [1.82, 2.24) is 10.6 Å². The summed E-state index contributed by atoms with van der Waals surface area (Å²) in [6.45, 7) is 6.60. The van der Waals surface area contributed by atoms with Gasteiger partial charge in [0.15, 0.2) is 5.96 Å². The second-order valence-corrected chi connectivity index (χ2v) is 5.36. The van der Waals surface area contributed by atoms with Crippen LogP contribution in [-0.4, -0.2) is 45.2 Å². The molecule has 0 aliphatic rings. The van der Waals surface area contributed by atoms with E-state index in [0.29, 0.717) is 5.96 Å². The van der Waals surface area contributed by atoms with E-state index in [0.717, 1.165) is 44.7 Å². The van der Waals surface area contributed by atoms with Crippen molar-refractivity contribution >= 4 is 17.6 Å². The molecule has 0 aliphatic heterocycles. The van der Waals surface area contributed by atoms with E-state index < -0.39 is 0 Å². The molecule has 0 spiro atoms. The number of nitrogens with zero attached hydrogens (tertiary/aromatic N) is 1. The first-order chi connectivity index (χ1) is 11.7. The summed E-state index contributed by atoms with van der Waals surface area (Å²) >= 11 is 0. The lowest BCUT2D eigenvalue weighted by Gasteiger charge is -2.12. The van der Waals surface area contributed by atoms with Gasteiger partial charge in [-0.05, 0) is 43.9 Å². The van der Waals surface area contributed by atoms with Crippen LogP contribution < -0.4 is 16.0 Å². The number of hydrogen-bond donors (Lipinski definition) is 3. The van der Waals surface area contributed by atoms with Crippen molar-refractivity contribution in [3.05, 3.63) is 29.8 Å². The highest BCUT2D eigenvalue weighted by Gasteiger charge is 2.04. The third-order valence-corrected chi connectivity index (χ3v) is 3.47. The predicted molar refractivity (Wildman–Crippen MR) is 99.5 cm³/mol. The summed E-state index contributed by atoms with van der Waals surface area (Å²) in [5, 5.41) is 9.09. The zero-order valence-electron chi connectivity index (χ0n) is 15.0. The standard InChI is InChI=1S/C18H30N4O2/c1-4-15-9-8-10-16(13-15)22-17(23)14-21-18(19-3)20-11-6-7-12-24-5-2/h8-10,13H,4-7,11-12,14H2,1-3H3,(H,22,23)(H2,19,20,21). The number of rotatable bonds is 10. The fraction of sp³-hybridized carbons (Fsp3) is 0.556. The Morgan fingerprint density at radius 1 is 1.21 bits per heavy atom. The molecule has 0 heterocycles. The molecule has 1 aromatic rings. The molecule has 0 atom stereocenters. The van der Waals surface area contributed by atoms with Crippen molar-refractivity contribution in [2.24, 2.45) is 4.99 Å². The number of guanidine groups is 1. The number of aliphatic imine (C=N–C) groups is 1. The fourth-order valence-electron chi connectivity index (χ4n) is 2.14. The molecule has 1 rings (SSSR count). The van der Waals surface area contributed by atoms with E-state index >= 15 is 0 Å². The Morgan fingerprint density at radius 2 is 2.04 bits per heavy atom. The smallest absolute Gasteiger partial charge is 0.243 e. The molecule has 0 aliphatic carbocycles. The summed E-state index contributed by atoms with van der Waals surface area (Å²) < 4.78 is 5.29. The van der Waals surface area contributed by atoms with Gasteiger partial charge in [-0.15, -0.1) is 0 Å². The van der Waals surface area contributed by atoms with E-state index in [2.05, 4.69) is 27.9 Å². The highest BCUT2D eigenvalue weighted by atomic mass is 16.5. The van der Waals surface area contributed by atoms with Crippen LogP contribution in [0.3, 0.4) is 0 Å². The number of amides is 1. The van der Waals surface area contributed by atoms with Gasteiger partial charge >= 0.3 is 0 Å². The lowest BCUT2D eigenvalue weighted by atomic mass is 10.1. The van der Waals surface area contributed by atoms with Crippen LogP contribution in [0.4, 0.5) is 5.69 Å². The highest BCUT2D eigenvalue weighted by Crippen LogP contribution is 2.10. The van der Waals surface area contributed by atoms with Gasteiger partial charge in [0.25, 0.3) is 0 Å². The molecule has 0 radical (unpaired) electrons. The zero-order valence-corrected chi connectivity index (χ0v) is 15.0. The highest BCUT2D eigenvalue weighted by molar-refractivity contribution is 5.95. The summed E-state index contributed by atoms with van der Waals surface area (Å²) in [4.78, 5) is 16.1. The van der Waals surface area contributed by atoms with Crippen LogP contribution in [-0.2, 0) is 16.0 Å². The van der Waals surface area contributed by atoms with E-state index in [4.69, 9.17) is 4.74 Å². The largest absolute Gasteiger partial charge is 0.382 e. The zero-order chi connectivity index (χ0) is 17.6. The molecule has 0 saturated heterocycles. The number of carbonyl (C=O) groups is 1. The van der Waals surface area contributed by atoms with Gasteiger partial charge in [-0.1, -0.05) is 19.1 Å². The van der Waals surface area contributed by atoms with E-state index in [9.17, 15) is 4.79 Å². The molecule has 6 heteroatoms. The Kier molecular flexibility index (Phi) is 10.3. The van der Waals surface area contributed by atoms with E-state index in [-0.39, 0.29) is 12.5 Å². The topological polar surface area (TPSA) is 74.8 Å². The van der Waals surface area contributed by atoms with Gasteiger partial charge in [0.2, 0.25) is 5.91 Å². The minimum Gasteiger partial charge on any atom is -0.382 e. The minimum atomic E-state index is -0.0949. The average Bonchev–Trinajstić information content (AvgIpc) is 2.60. The monoisotopic (exact) mass is 334 g/mol. The van der Waals surface area contributed by atoms with Gasteiger partial charge in [-0.2, -0.15) is 0 Å². The maximum atomic E-state index is 12.0. The fourth-order valence-corrected chi connectivity index (χ4v) is 2.14. The van der Waals surface area contributed by atoms with Crippen molar-refractivity contribution in [1.29, 1.82) is 0 Å². The maximum absolute atomic E-state index is 12.0. The first kappa shape index (κ1) is 20.0. The van der Waals surface area contributed by atoms with Gasteiger partial charge in [-0.25, -0.2) is 0 Å². The summed E-state index contributed by atoms with van der Waals surface area (Å²) in [6.07, 6.45) is 2.95. The number of ether oxygens (including phenoxy) is 1. The van der Waals surface area contributed by atoms with Crippen molar-refractivity contribution < 1.29 is 9.53 Å². The molecule has 134 valence electrons. The van der Waals surface area contributed by atoms with Crippen molar-refractivity contribution in [2.45, 2.75) is 33.1 Å². The van der Waals surface area contributed by atoms with Crippen LogP contribution in [0, 0.1) is 0 Å². The van der Waals surface area contributed by atoms with Crippen LogP contribution in [0.15, 0.2) is 29.3 Å². The van der Waals surface area contributed by atoms with Gasteiger partial charge in [0.05, 0.1) is 6.54 Å². The third kappa shape index (κ3) is 8.53. The molecule has 3 N–H and O–H groups in total. The molecular weight excluding hydrogens is 304 g/mol. The normalized spacial score (nSPS) is 11.2.